The van der Waals surface area contributed by atoms with Gasteiger partial charge in [-0.25, -0.2) is 0 Å². The number of aromatic nitrogens is 2. The first kappa shape index (κ1) is 12.5. The van der Waals surface area contributed by atoms with E-state index >= 15 is 0 Å². The van der Waals surface area contributed by atoms with Crippen molar-refractivity contribution in [3.8, 4) is 0 Å². The molecule has 0 aliphatic heterocycles. The average molecular weight is 239 g/mol. The zero-order chi connectivity index (χ0) is 12.3. The van der Waals surface area contributed by atoms with Crippen LogP contribution in [0.5, 0.6) is 0 Å². The van der Waals surface area contributed by atoms with Crippen molar-refractivity contribution >= 4 is 0 Å². The second-order valence-electron chi connectivity index (χ2n) is 5.04. The van der Waals surface area contributed by atoms with Crippen molar-refractivity contribution < 1.29 is 9.63 Å². The maximum Gasteiger partial charge on any atom is 0.255 e. The number of rotatable bonds is 4. The van der Waals surface area contributed by atoms with Gasteiger partial charge in [0.1, 0.15) is 6.10 Å². The summed E-state index contributed by atoms with van der Waals surface area (Å²) in [5, 5.41) is 13.7. The summed E-state index contributed by atoms with van der Waals surface area (Å²) in [6.07, 6.45) is 4.42. The summed E-state index contributed by atoms with van der Waals surface area (Å²) in [6, 6.07) is 0. The lowest BCUT2D eigenvalue weighted by Gasteiger charge is -2.23. The molecule has 0 amide bonds. The molecule has 1 fully saturated rings. The van der Waals surface area contributed by atoms with E-state index in [1.807, 2.05) is 0 Å². The van der Waals surface area contributed by atoms with Gasteiger partial charge in [0.25, 0.3) is 5.89 Å². The first-order chi connectivity index (χ1) is 8.20. The fraction of sp³-hybridized carbons (Fsp3) is 0.833. The summed E-state index contributed by atoms with van der Waals surface area (Å²) >= 11 is 0. The largest absolute Gasteiger partial charge is 0.383 e. The van der Waals surface area contributed by atoms with E-state index in [4.69, 9.17) is 10.3 Å². The normalized spacial score (nSPS) is 27.0. The quantitative estimate of drug-likeness (QED) is 0.836. The molecule has 1 heterocycles. The van der Waals surface area contributed by atoms with Gasteiger partial charge in [-0.1, -0.05) is 24.9 Å². The fourth-order valence-corrected chi connectivity index (χ4v) is 2.35. The van der Waals surface area contributed by atoms with Gasteiger partial charge in [0, 0.05) is 5.92 Å². The molecule has 1 saturated carbocycles. The Morgan fingerprint density at radius 3 is 2.76 bits per heavy atom. The summed E-state index contributed by atoms with van der Waals surface area (Å²) < 4.78 is 5.09. The van der Waals surface area contributed by atoms with Gasteiger partial charge in [-0.15, -0.1) is 0 Å². The molecule has 0 spiro atoms. The highest BCUT2D eigenvalue weighted by atomic mass is 16.5. The highest BCUT2D eigenvalue weighted by Crippen LogP contribution is 2.34. The first-order valence-corrected chi connectivity index (χ1v) is 6.42. The maximum atomic E-state index is 9.70. The lowest BCUT2D eigenvalue weighted by molar-refractivity contribution is 0.127. The van der Waals surface area contributed by atoms with E-state index < -0.39 is 6.10 Å². The Hall–Kier alpha value is -0.940. The Bertz CT molecular complexity index is 345. The maximum absolute atomic E-state index is 9.70. The molecule has 0 unspecified atom stereocenters. The topological polar surface area (TPSA) is 85.2 Å². The van der Waals surface area contributed by atoms with Gasteiger partial charge in [0.15, 0.2) is 5.82 Å². The van der Waals surface area contributed by atoms with E-state index in [9.17, 15) is 5.11 Å². The molecule has 5 nitrogen and oxygen atoms in total. The third-order valence-electron chi connectivity index (χ3n) is 3.56. The van der Waals surface area contributed by atoms with Crippen LogP contribution in [0.4, 0.5) is 0 Å². The third kappa shape index (κ3) is 3.04. The minimum Gasteiger partial charge on any atom is -0.383 e. The summed E-state index contributed by atoms with van der Waals surface area (Å²) in [5.41, 5.74) is 5.38. The van der Waals surface area contributed by atoms with Gasteiger partial charge in [-0.05, 0) is 31.7 Å². The Kier molecular flexibility index (Phi) is 4.12. The van der Waals surface area contributed by atoms with Gasteiger partial charge in [0.05, 0.1) is 0 Å². The van der Waals surface area contributed by atoms with E-state index in [0.717, 1.165) is 24.6 Å². The summed E-state index contributed by atoms with van der Waals surface area (Å²) in [7, 11) is 0. The molecule has 1 aliphatic carbocycles. The molecular weight excluding hydrogens is 218 g/mol. The van der Waals surface area contributed by atoms with Crippen LogP contribution in [-0.4, -0.2) is 21.8 Å². The zero-order valence-corrected chi connectivity index (χ0v) is 10.3. The van der Waals surface area contributed by atoms with Gasteiger partial charge in [-0.2, -0.15) is 4.98 Å². The standard InChI is InChI=1S/C12H21N3O2/c1-8-2-4-9(5-3-8)11-14-12(17-15-11)10(16)6-7-13/h8-10,16H,2-7,13H2,1H3/t8?,9?,10-/m0/s1. The number of aliphatic hydroxyl groups is 1. The molecule has 1 atom stereocenters. The summed E-state index contributed by atoms with van der Waals surface area (Å²) in [4.78, 5) is 4.29. The molecule has 1 aromatic rings. The Balaban J connectivity index is 1.98. The van der Waals surface area contributed by atoms with Crippen LogP contribution in [0, 0.1) is 5.92 Å². The molecule has 96 valence electrons. The van der Waals surface area contributed by atoms with Crippen LogP contribution in [-0.2, 0) is 0 Å². The molecule has 0 radical (unpaired) electrons. The molecule has 1 aliphatic rings. The van der Waals surface area contributed by atoms with Gasteiger partial charge < -0.3 is 15.4 Å². The van der Waals surface area contributed by atoms with Gasteiger partial charge >= 0.3 is 0 Å². The Morgan fingerprint density at radius 1 is 1.41 bits per heavy atom. The average Bonchev–Trinajstić information content (AvgIpc) is 2.80. The number of aliphatic hydroxyl groups excluding tert-OH is 1. The van der Waals surface area contributed by atoms with Crippen molar-refractivity contribution in [2.75, 3.05) is 6.54 Å². The molecule has 5 heteroatoms. The van der Waals surface area contributed by atoms with Crippen LogP contribution in [0.2, 0.25) is 0 Å². The molecule has 1 aromatic heterocycles. The van der Waals surface area contributed by atoms with Crippen LogP contribution >= 0.6 is 0 Å². The first-order valence-electron chi connectivity index (χ1n) is 6.42. The SMILES string of the molecule is CC1CCC(c2noc([C@@H](O)CCN)n2)CC1. The second-order valence-corrected chi connectivity index (χ2v) is 5.04. The van der Waals surface area contributed by atoms with E-state index in [0.29, 0.717) is 24.8 Å². The van der Waals surface area contributed by atoms with Crippen LogP contribution in [0.25, 0.3) is 0 Å². The Labute approximate surface area is 101 Å². The van der Waals surface area contributed by atoms with Crippen LogP contribution < -0.4 is 5.73 Å². The van der Waals surface area contributed by atoms with Crippen LogP contribution in [0.15, 0.2) is 4.52 Å². The van der Waals surface area contributed by atoms with Gasteiger partial charge in [0.2, 0.25) is 0 Å². The lowest BCUT2D eigenvalue weighted by Crippen LogP contribution is -2.12. The molecule has 0 aromatic carbocycles. The monoisotopic (exact) mass is 239 g/mol. The van der Waals surface area contributed by atoms with E-state index in [1.165, 1.54) is 12.8 Å². The smallest absolute Gasteiger partial charge is 0.255 e. The molecule has 17 heavy (non-hydrogen) atoms. The van der Waals surface area contributed by atoms with Crippen molar-refractivity contribution in [1.29, 1.82) is 0 Å². The summed E-state index contributed by atoms with van der Waals surface area (Å²) in [5.74, 6) is 2.27. The third-order valence-corrected chi connectivity index (χ3v) is 3.56. The summed E-state index contributed by atoms with van der Waals surface area (Å²) in [6.45, 7) is 2.70. The molecule has 2 rings (SSSR count). The highest BCUT2D eigenvalue weighted by Gasteiger charge is 2.25. The predicted molar refractivity (Wildman–Crippen MR) is 63.3 cm³/mol. The Morgan fingerprint density at radius 2 is 2.12 bits per heavy atom. The predicted octanol–water partition coefficient (Wildman–Crippen LogP) is 1.75. The number of nitrogens with zero attached hydrogens (tertiary/aromatic N) is 2. The van der Waals surface area contributed by atoms with E-state index in [1.54, 1.807) is 0 Å². The van der Waals surface area contributed by atoms with E-state index in [-0.39, 0.29) is 0 Å². The van der Waals surface area contributed by atoms with Crippen molar-refractivity contribution in [2.45, 2.75) is 51.0 Å². The van der Waals surface area contributed by atoms with Crippen molar-refractivity contribution in [3.63, 3.8) is 0 Å². The lowest BCUT2D eigenvalue weighted by atomic mass is 9.83. The number of hydrogen-bond donors (Lipinski definition) is 2. The van der Waals surface area contributed by atoms with Crippen molar-refractivity contribution in [2.24, 2.45) is 11.7 Å². The minimum atomic E-state index is -0.719. The highest BCUT2D eigenvalue weighted by molar-refractivity contribution is 4.98. The van der Waals surface area contributed by atoms with Crippen molar-refractivity contribution in [1.82, 2.24) is 10.1 Å². The number of hydrogen-bond acceptors (Lipinski definition) is 5. The van der Waals surface area contributed by atoms with Crippen LogP contribution in [0.3, 0.4) is 0 Å². The van der Waals surface area contributed by atoms with Crippen molar-refractivity contribution in [3.05, 3.63) is 11.7 Å². The van der Waals surface area contributed by atoms with Crippen LogP contribution in [0.1, 0.15) is 62.8 Å². The fourth-order valence-electron chi connectivity index (χ4n) is 2.35. The number of nitrogens with two attached hydrogens (primary N) is 1. The molecule has 0 saturated heterocycles. The van der Waals surface area contributed by atoms with E-state index in [2.05, 4.69) is 17.1 Å². The zero-order valence-electron chi connectivity index (χ0n) is 10.3. The second kappa shape index (κ2) is 5.60. The minimum absolute atomic E-state index is 0.309. The molecule has 3 N–H and O–H groups in total. The van der Waals surface area contributed by atoms with Gasteiger partial charge in [-0.3, -0.25) is 0 Å². The molecule has 0 bridgehead atoms. The molecular formula is C12H21N3O2.